The molecule has 0 aliphatic carbocycles. The molecule has 0 bridgehead atoms. The predicted octanol–water partition coefficient (Wildman–Crippen LogP) is -0.951. The molecule has 6 heteroatoms. The van der Waals surface area contributed by atoms with Gasteiger partial charge in [-0.2, -0.15) is 0 Å². The summed E-state index contributed by atoms with van der Waals surface area (Å²) in [5.74, 6) is 0. The van der Waals surface area contributed by atoms with Crippen molar-refractivity contribution in [3.8, 4) is 0 Å². The van der Waals surface area contributed by atoms with E-state index in [0.29, 0.717) is 5.17 Å². The first kappa shape index (κ1) is 9.97. The number of rotatable bonds is 1. The molecule has 1 fully saturated rings. The maximum Gasteiger partial charge on any atom is 0.157 e. The van der Waals surface area contributed by atoms with Gasteiger partial charge in [0.15, 0.2) is 5.17 Å². The number of aliphatic imine (C=N–C) groups is 1. The molecule has 4 N–H and O–H groups in total. The Morgan fingerprint density at radius 2 is 2.21 bits per heavy atom. The lowest BCUT2D eigenvalue weighted by atomic mass is 9.98. The highest BCUT2D eigenvalue weighted by Gasteiger charge is 2.46. The van der Waals surface area contributed by atoms with Crippen LogP contribution in [0, 0.1) is 0 Å². The van der Waals surface area contributed by atoms with Crippen LogP contribution in [0.25, 0.3) is 0 Å². The van der Waals surface area contributed by atoms with E-state index in [-0.39, 0.29) is 5.44 Å². The van der Waals surface area contributed by atoms with Crippen LogP contribution in [0.3, 0.4) is 0 Å². The Balaban J connectivity index is 2.18. The zero-order chi connectivity index (χ0) is 10.3. The molecular weight excluding hydrogens is 204 g/mol. The molecular formula is C8H12N2O3S. The Hall–Kier alpha value is -0.560. The van der Waals surface area contributed by atoms with E-state index < -0.39 is 24.4 Å². The Morgan fingerprint density at radius 3 is 2.86 bits per heavy atom. The van der Waals surface area contributed by atoms with Gasteiger partial charge in [-0.25, -0.2) is 0 Å². The molecule has 14 heavy (non-hydrogen) atoms. The molecule has 0 aromatic rings. The van der Waals surface area contributed by atoms with Gasteiger partial charge in [-0.15, -0.1) is 6.58 Å². The van der Waals surface area contributed by atoms with Gasteiger partial charge in [0.25, 0.3) is 0 Å². The zero-order valence-electron chi connectivity index (χ0n) is 7.41. The molecule has 2 heterocycles. The number of ether oxygens (including phenoxy) is 1. The molecule has 0 radical (unpaired) electrons. The van der Waals surface area contributed by atoms with Crippen molar-refractivity contribution < 1.29 is 14.9 Å². The van der Waals surface area contributed by atoms with Gasteiger partial charge in [-0.05, 0) is 0 Å². The van der Waals surface area contributed by atoms with Gasteiger partial charge in [-0.3, -0.25) is 4.99 Å². The number of aliphatic hydroxyl groups excluding tert-OH is 2. The highest BCUT2D eigenvalue weighted by atomic mass is 32.2. The van der Waals surface area contributed by atoms with Crippen LogP contribution >= 0.6 is 11.8 Å². The summed E-state index contributed by atoms with van der Waals surface area (Å²) in [6.45, 7) is 3.53. The molecule has 0 spiro atoms. The summed E-state index contributed by atoms with van der Waals surface area (Å²) in [6.07, 6.45) is -1.01. The second kappa shape index (κ2) is 3.54. The van der Waals surface area contributed by atoms with Crippen molar-refractivity contribution in [1.82, 2.24) is 0 Å². The van der Waals surface area contributed by atoms with Gasteiger partial charge >= 0.3 is 0 Å². The van der Waals surface area contributed by atoms with E-state index in [0.717, 1.165) is 0 Å². The normalized spacial score (nSPS) is 47.0. The van der Waals surface area contributed by atoms with Crippen LogP contribution < -0.4 is 5.73 Å². The van der Waals surface area contributed by atoms with Crippen LogP contribution in [-0.2, 0) is 4.74 Å². The average molecular weight is 216 g/mol. The predicted molar refractivity (Wildman–Crippen MR) is 53.9 cm³/mol. The van der Waals surface area contributed by atoms with Crippen molar-refractivity contribution in [2.45, 2.75) is 29.8 Å². The molecule has 2 rings (SSSR count). The summed E-state index contributed by atoms with van der Waals surface area (Å²) >= 11 is 1.26. The number of aliphatic hydroxyl groups is 2. The van der Waals surface area contributed by atoms with Crippen LogP contribution in [0.15, 0.2) is 17.6 Å². The smallest absolute Gasteiger partial charge is 0.157 e. The number of nitrogens with two attached hydrogens (primary N) is 1. The third kappa shape index (κ3) is 1.44. The summed E-state index contributed by atoms with van der Waals surface area (Å²) in [4.78, 5) is 4.00. The number of thioether (sulfide) groups is 1. The average Bonchev–Trinajstić information content (AvgIpc) is 2.52. The van der Waals surface area contributed by atoms with E-state index in [1.165, 1.54) is 17.8 Å². The summed E-state index contributed by atoms with van der Waals surface area (Å²) in [7, 11) is 0. The van der Waals surface area contributed by atoms with Crippen LogP contribution in [0.5, 0.6) is 0 Å². The first-order valence-electron chi connectivity index (χ1n) is 4.27. The Morgan fingerprint density at radius 1 is 1.50 bits per heavy atom. The zero-order valence-corrected chi connectivity index (χ0v) is 8.22. The summed E-state index contributed by atoms with van der Waals surface area (Å²) < 4.78 is 5.45. The van der Waals surface area contributed by atoms with Crippen molar-refractivity contribution in [2.24, 2.45) is 10.7 Å². The fourth-order valence-electron chi connectivity index (χ4n) is 1.60. The van der Waals surface area contributed by atoms with Gasteiger partial charge < -0.3 is 20.7 Å². The molecule has 2 aliphatic rings. The molecule has 0 saturated carbocycles. The molecule has 5 unspecified atom stereocenters. The minimum Gasteiger partial charge on any atom is -0.388 e. The number of nitrogens with zero attached hydrogens (tertiary/aromatic N) is 1. The molecule has 0 amide bonds. The first-order valence-corrected chi connectivity index (χ1v) is 5.15. The van der Waals surface area contributed by atoms with Crippen LogP contribution in [0.2, 0.25) is 0 Å². The monoisotopic (exact) mass is 216 g/mol. The molecule has 0 aromatic carbocycles. The second-order valence-corrected chi connectivity index (χ2v) is 4.38. The highest BCUT2D eigenvalue weighted by molar-refractivity contribution is 8.14. The van der Waals surface area contributed by atoms with Gasteiger partial charge in [0.05, 0.1) is 0 Å². The lowest BCUT2D eigenvalue weighted by Gasteiger charge is -2.36. The van der Waals surface area contributed by atoms with Gasteiger partial charge in [0.1, 0.15) is 29.8 Å². The number of hydrogen-bond acceptors (Lipinski definition) is 6. The van der Waals surface area contributed by atoms with Crippen molar-refractivity contribution in [1.29, 1.82) is 0 Å². The SMILES string of the molecule is C=CC1OC2SC(N)=NC2C(O)C1O. The topological polar surface area (TPSA) is 88.1 Å². The molecule has 5 nitrogen and oxygen atoms in total. The van der Waals surface area contributed by atoms with Crippen molar-refractivity contribution in [2.75, 3.05) is 0 Å². The molecule has 5 atom stereocenters. The van der Waals surface area contributed by atoms with E-state index in [2.05, 4.69) is 11.6 Å². The second-order valence-electron chi connectivity index (χ2n) is 3.26. The molecule has 78 valence electrons. The first-order chi connectivity index (χ1) is 6.63. The summed E-state index contributed by atoms with van der Waals surface area (Å²) in [5, 5.41) is 19.7. The van der Waals surface area contributed by atoms with E-state index in [4.69, 9.17) is 10.5 Å². The van der Waals surface area contributed by atoms with Crippen LogP contribution in [0.4, 0.5) is 0 Å². The number of fused-ring (bicyclic) bond motifs is 1. The molecule has 2 aliphatic heterocycles. The molecule has 0 aromatic heterocycles. The van der Waals surface area contributed by atoms with Crippen LogP contribution in [0.1, 0.15) is 0 Å². The largest absolute Gasteiger partial charge is 0.388 e. The van der Waals surface area contributed by atoms with E-state index >= 15 is 0 Å². The van der Waals surface area contributed by atoms with E-state index in [9.17, 15) is 10.2 Å². The van der Waals surface area contributed by atoms with Gasteiger partial charge in [0.2, 0.25) is 0 Å². The van der Waals surface area contributed by atoms with Crippen LogP contribution in [-0.4, -0.2) is 45.2 Å². The van der Waals surface area contributed by atoms with E-state index in [1.807, 2.05) is 0 Å². The lowest BCUT2D eigenvalue weighted by Crippen LogP contribution is -2.53. The van der Waals surface area contributed by atoms with Crippen molar-refractivity contribution in [3.05, 3.63) is 12.7 Å². The minimum atomic E-state index is -0.982. The third-order valence-corrected chi connectivity index (χ3v) is 3.32. The summed E-state index contributed by atoms with van der Waals surface area (Å²) in [5.41, 5.74) is 5.19. The molecule has 1 saturated heterocycles. The number of hydrogen-bond donors (Lipinski definition) is 3. The van der Waals surface area contributed by atoms with Gasteiger partial charge in [-0.1, -0.05) is 17.8 Å². The van der Waals surface area contributed by atoms with Crippen molar-refractivity contribution in [3.63, 3.8) is 0 Å². The van der Waals surface area contributed by atoms with E-state index in [1.54, 1.807) is 0 Å². The maximum absolute atomic E-state index is 9.71. The number of amidine groups is 1. The Kier molecular flexibility index (Phi) is 2.52. The third-order valence-electron chi connectivity index (χ3n) is 2.35. The fourth-order valence-corrected chi connectivity index (χ4v) is 2.56. The Labute approximate surface area is 85.7 Å². The van der Waals surface area contributed by atoms with Gasteiger partial charge in [0, 0.05) is 0 Å². The summed E-state index contributed by atoms with van der Waals surface area (Å²) in [6, 6.07) is -0.466. The van der Waals surface area contributed by atoms with Crippen molar-refractivity contribution >= 4 is 16.9 Å². The lowest BCUT2D eigenvalue weighted by molar-refractivity contribution is -0.135. The maximum atomic E-state index is 9.71. The minimum absolute atomic E-state index is 0.309. The highest BCUT2D eigenvalue weighted by Crippen LogP contribution is 2.35. The Bertz CT molecular complexity index is 284. The standard InChI is InChI=1S/C8H12N2O3S/c1-2-3-5(11)6(12)4-7(13-3)14-8(9)10-4/h2-7,11-12H,1H2,(H2,9,10). The quantitative estimate of drug-likeness (QED) is 0.492. The fraction of sp³-hybridized carbons (Fsp3) is 0.625.